The van der Waals surface area contributed by atoms with Gasteiger partial charge in [-0.25, -0.2) is 19.7 Å². The number of urea groups is 1. The highest BCUT2D eigenvalue weighted by atomic mass is 16.5. The number of methoxy groups -OCH3 is 2. The minimum Gasteiger partial charge on any atom is -0.497 e. The van der Waals surface area contributed by atoms with Gasteiger partial charge in [0.1, 0.15) is 17.3 Å². The van der Waals surface area contributed by atoms with Crippen molar-refractivity contribution in [2.75, 3.05) is 89.0 Å². The second-order valence-corrected chi connectivity index (χ2v) is 12.0. The molecular formula is C35H43N9O4. The number of hydrogen-bond donors (Lipinski definition) is 1. The number of fused-ring (bicyclic) bond motifs is 1. The molecule has 4 aromatic rings. The molecule has 2 aliphatic heterocycles. The lowest BCUT2D eigenvalue weighted by atomic mass is 10.1. The lowest BCUT2D eigenvalue weighted by Crippen LogP contribution is -2.42. The normalized spacial score (nSPS) is 14.2. The van der Waals surface area contributed by atoms with E-state index in [4.69, 9.17) is 34.1 Å². The van der Waals surface area contributed by atoms with E-state index in [2.05, 4.69) is 15.1 Å². The molecule has 0 radical (unpaired) electrons. The predicted octanol–water partition coefficient (Wildman–Crippen LogP) is 3.63. The Morgan fingerprint density at radius 3 is 2.04 bits per heavy atom. The van der Waals surface area contributed by atoms with E-state index in [-0.39, 0.29) is 6.03 Å². The molecule has 1 saturated heterocycles. The van der Waals surface area contributed by atoms with Crippen LogP contribution in [-0.4, -0.2) is 105 Å². The number of amides is 2. The van der Waals surface area contributed by atoms with Gasteiger partial charge >= 0.3 is 6.03 Å². The van der Waals surface area contributed by atoms with Crippen molar-refractivity contribution in [3.63, 3.8) is 0 Å². The van der Waals surface area contributed by atoms with E-state index >= 15 is 0 Å². The van der Waals surface area contributed by atoms with Gasteiger partial charge < -0.3 is 34.2 Å². The first kappa shape index (κ1) is 32.9. The van der Waals surface area contributed by atoms with Gasteiger partial charge in [0.25, 0.3) is 0 Å². The maximum Gasteiger partial charge on any atom is 0.323 e. The van der Waals surface area contributed by atoms with Gasteiger partial charge in [0.15, 0.2) is 0 Å². The first-order valence-corrected chi connectivity index (χ1v) is 16.2. The Bertz CT molecular complexity index is 1610. The average molecular weight is 654 g/mol. The molecule has 252 valence electrons. The maximum atomic E-state index is 13.3. The van der Waals surface area contributed by atoms with Crippen LogP contribution in [0.5, 0.6) is 11.5 Å². The Hall–Kier alpha value is -5.01. The zero-order chi connectivity index (χ0) is 33.5. The van der Waals surface area contributed by atoms with Crippen LogP contribution in [0, 0.1) is 0 Å². The molecule has 0 bridgehead atoms. The molecule has 1 fully saturated rings. The van der Waals surface area contributed by atoms with Crippen molar-refractivity contribution in [3.05, 3.63) is 77.6 Å². The third kappa shape index (κ3) is 7.75. The van der Waals surface area contributed by atoms with Crippen LogP contribution in [0.1, 0.15) is 16.7 Å². The quantitative estimate of drug-likeness (QED) is 0.241. The summed E-state index contributed by atoms with van der Waals surface area (Å²) in [6.45, 7) is 5.55. The van der Waals surface area contributed by atoms with Gasteiger partial charge in [0.05, 0.1) is 33.1 Å². The van der Waals surface area contributed by atoms with Crippen LogP contribution < -0.4 is 29.5 Å². The van der Waals surface area contributed by atoms with E-state index in [0.29, 0.717) is 76.6 Å². The number of nitrogens with one attached hydrogen (secondary N) is 1. The van der Waals surface area contributed by atoms with Crippen LogP contribution in [-0.2, 0) is 24.2 Å². The van der Waals surface area contributed by atoms with Gasteiger partial charge in [0, 0.05) is 69.3 Å². The summed E-state index contributed by atoms with van der Waals surface area (Å²) in [6.07, 6.45) is 4.28. The largest absolute Gasteiger partial charge is 0.497 e. The van der Waals surface area contributed by atoms with E-state index in [1.54, 1.807) is 19.1 Å². The van der Waals surface area contributed by atoms with Crippen molar-refractivity contribution in [3.8, 4) is 22.8 Å². The van der Waals surface area contributed by atoms with E-state index in [1.165, 1.54) is 0 Å². The van der Waals surface area contributed by atoms with Gasteiger partial charge in [-0.15, -0.1) is 0 Å². The number of rotatable bonds is 12. The van der Waals surface area contributed by atoms with E-state index in [1.807, 2.05) is 79.9 Å². The summed E-state index contributed by atoms with van der Waals surface area (Å²) < 4.78 is 16.3. The van der Waals surface area contributed by atoms with Crippen molar-refractivity contribution in [2.24, 2.45) is 0 Å². The van der Waals surface area contributed by atoms with Crippen molar-refractivity contribution >= 4 is 23.7 Å². The van der Waals surface area contributed by atoms with Crippen molar-refractivity contribution in [1.82, 2.24) is 30.2 Å². The van der Waals surface area contributed by atoms with Crippen molar-refractivity contribution in [2.45, 2.75) is 19.5 Å². The average Bonchev–Trinajstić information content (AvgIpc) is 3.56. The molecule has 0 saturated carbocycles. The summed E-state index contributed by atoms with van der Waals surface area (Å²) in [4.78, 5) is 41.0. The highest BCUT2D eigenvalue weighted by Crippen LogP contribution is 2.36. The monoisotopic (exact) mass is 653 g/mol. The molecule has 0 spiro atoms. The minimum atomic E-state index is -0.160. The smallest absolute Gasteiger partial charge is 0.323 e. The Balaban J connectivity index is 1.31. The number of nitrogens with zero attached hydrogens (tertiary/aromatic N) is 8. The summed E-state index contributed by atoms with van der Waals surface area (Å²) in [5.74, 6) is 3.41. The second-order valence-electron chi connectivity index (χ2n) is 12.0. The predicted molar refractivity (Wildman–Crippen MR) is 185 cm³/mol. The zero-order valence-corrected chi connectivity index (χ0v) is 28.1. The van der Waals surface area contributed by atoms with Crippen LogP contribution in [0.2, 0.25) is 0 Å². The molecule has 1 N–H and O–H groups in total. The summed E-state index contributed by atoms with van der Waals surface area (Å²) in [5, 5.41) is 3.03. The number of benzene rings is 2. The molecule has 6 rings (SSSR count). The van der Waals surface area contributed by atoms with Gasteiger partial charge in [-0.05, 0) is 55.9 Å². The molecule has 4 heterocycles. The van der Waals surface area contributed by atoms with E-state index in [9.17, 15) is 4.79 Å². The number of anilines is 3. The molecular weight excluding hydrogens is 610 g/mol. The molecule has 2 aromatic heterocycles. The Labute approximate surface area is 281 Å². The number of carbonyl (C=O) groups is 1. The van der Waals surface area contributed by atoms with Gasteiger partial charge in [-0.3, -0.25) is 4.90 Å². The third-order valence-corrected chi connectivity index (χ3v) is 8.45. The molecule has 2 aliphatic rings. The number of ether oxygens (including phenoxy) is 3. The molecule has 0 aliphatic carbocycles. The Morgan fingerprint density at radius 1 is 0.875 bits per heavy atom. The first-order chi connectivity index (χ1) is 23.4. The van der Waals surface area contributed by atoms with Crippen LogP contribution in [0.4, 0.5) is 22.5 Å². The standard InChI is InChI=1S/C35H43N9O4/c1-41(2)16-14-36-35(45)44-15-13-30-31(39-34(40-32(30)44)42-17-19-48-20-18-42)27-21-37-33(38-22-27)43(23-25-5-9-28(46-3)10-6-25)24-26-7-11-29(47-4)12-8-26/h5-12,21-22H,13-20,23-24H2,1-4H3,(H,36,45). The minimum absolute atomic E-state index is 0.160. The Kier molecular flexibility index (Phi) is 10.5. The van der Waals surface area contributed by atoms with Gasteiger partial charge in [-0.2, -0.15) is 4.98 Å². The van der Waals surface area contributed by atoms with Gasteiger partial charge in [0.2, 0.25) is 11.9 Å². The summed E-state index contributed by atoms with van der Waals surface area (Å²) in [7, 11) is 7.29. The van der Waals surface area contributed by atoms with Gasteiger partial charge in [-0.1, -0.05) is 24.3 Å². The molecule has 13 nitrogen and oxygen atoms in total. The number of morpholine rings is 1. The summed E-state index contributed by atoms with van der Waals surface area (Å²) in [6, 6.07) is 15.9. The number of carbonyl (C=O) groups excluding carboxylic acids is 1. The molecule has 48 heavy (non-hydrogen) atoms. The third-order valence-electron chi connectivity index (χ3n) is 8.45. The summed E-state index contributed by atoms with van der Waals surface area (Å²) >= 11 is 0. The summed E-state index contributed by atoms with van der Waals surface area (Å²) in [5.41, 5.74) is 4.64. The molecule has 2 amide bonds. The highest BCUT2D eigenvalue weighted by molar-refractivity contribution is 5.94. The second kappa shape index (κ2) is 15.3. The molecule has 0 unspecified atom stereocenters. The number of hydrogen-bond acceptors (Lipinski definition) is 11. The SMILES string of the molecule is COc1ccc(CN(Cc2ccc(OC)cc2)c2ncc(-c3nc(N4CCOCC4)nc4c3CCN4C(=O)NCCN(C)C)cn2)cc1. The number of likely N-dealkylation sites (N-methyl/N-ethyl adjacent to an activating group) is 1. The first-order valence-electron chi connectivity index (χ1n) is 16.2. The topological polar surface area (TPSA) is 121 Å². The van der Waals surface area contributed by atoms with Crippen LogP contribution in [0.15, 0.2) is 60.9 Å². The molecule has 13 heteroatoms. The van der Waals surface area contributed by atoms with Crippen LogP contribution >= 0.6 is 0 Å². The zero-order valence-electron chi connectivity index (χ0n) is 28.1. The Morgan fingerprint density at radius 2 is 1.48 bits per heavy atom. The molecule has 0 atom stereocenters. The van der Waals surface area contributed by atoms with Crippen LogP contribution in [0.3, 0.4) is 0 Å². The van der Waals surface area contributed by atoms with Crippen molar-refractivity contribution in [1.29, 1.82) is 0 Å². The maximum absolute atomic E-state index is 13.3. The number of aromatic nitrogens is 4. The lowest BCUT2D eigenvalue weighted by molar-refractivity contribution is 0.122. The van der Waals surface area contributed by atoms with Crippen molar-refractivity contribution < 1.29 is 19.0 Å². The molecule has 2 aromatic carbocycles. The fraction of sp³-hybridized carbons (Fsp3) is 0.400. The lowest BCUT2D eigenvalue weighted by Gasteiger charge is -2.28. The fourth-order valence-corrected chi connectivity index (χ4v) is 5.77. The highest BCUT2D eigenvalue weighted by Gasteiger charge is 2.32. The van der Waals surface area contributed by atoms with E-state index < -0.39 is 0 Å². The van der Waals surface area contributed by atoms with Crippen LogP contribution in [0.25, 0.3) is 11.3 Å². The van der Waals surface area contributed by atoms with E-state index in [0.717, 1.165) is 46.0 Å². The fourth-order valence-electron chi connectivity index (χ4n) is 5.77.